The molecule has 0 heterocycles. The van der Waals surface area contributed by atoms with Gasteiger partial charge >= 0.3 is 12.1 Å². The Morgan fingerprint density at radius 3 is 2.23 bits per heavy atom. The lowest BCUT2D eigenvalue weighted by Gasteiger charge is -2.13. The highest BCUT2D eigenvalue weighted by Crippen LogP contribution is 2.21. The Morgan fingerprint density at radius 1 is 1.19 bits per heavy atom. The number of carbonyl (C=O) groups is 2. The Hall–Kier alpha value is -2.77. The molecule has 0 bridgehead atoms. The van der Waals surface area contributed by atoms with Crippen LogP contribution in [0.3, 0.4) is 0 Å². The van der Waals surface area contributed by atoms with E-state index in [1.54, 1.807) is 50.2 Å². The molecule has 0 aromatic heterocycles. The maximum Gasteiger partial charge on any atom is 0.454 e. The lowest BCUT2D eigenvalue weighted by molar-refractivity contribution is -0.165. The van der Waals surface area contributed by atoms with Crippen molar-refractivity contribution >= 4 is 17.4 Å². The fraction of sp³-hybridized carbons (Fsp3) is 0.333. The zero-order valence-electron chi connectivity index (χ0n) is 14.9. The first-order valence-electron chi connectivity index (χ1n) is 7.67. The highest BCUT2D eigenvalue weighted by atomic mass is 19.4. The fourth-order valence-electron chi connectivity index (χ4n) is 1.91. The Balaban J connectivity index is 3.02. The Morgan fingerprint density at radius 2 is 1.77 bits per heavy atom. The van der Waals surface area contributed by atoms with Gasteiger partial charge in [0.1, 0.15) is 0 Å². The van der Waals surface area contributed by atoms with Gasteiger partial charge in [-0.15, -0.1) is 0 Å². The van der Waals surface area contributed by atoms with Crippen LogP contribution in [0.2, 0.25) is 0 Å². The van der Waals surface area contributed by atoms with E-state index < -0.39 is 23.8 Å². The second-order valence-electron chi connectivity index (χ2n) is 5.73. The minimum atomic E-state index is -4.95. The predicted molar refractivity (Wildman–Crippen MR) is 92.5 cm³/mol. The number of nitrogens with zero attached hydrogens (tertiary/aromatic N) is 1. The van der Waals surface area contributed by atoms with Gasteiger partial charge in [-0.3, -0.25) is 9.59 Å². The Kier molecular flexibility index (Phi) is 7.42. The van der Waals surface area contributed by atoms with Crippen LogP contribution in [-0.2, 0) is 14.3 Å². The number of alkyl halides is 3. The molecule has 0 spiro atoms. The molecule has 1 aromatic rings. The molecule has 5 nitrogen and oxygen atoms in total. The number of methoxy groups -OCH3 is 1. The fourth-order valence-corrected chi connectivity index (χ4v) is 1.91. The largest absolute Gasteiger partial charge is 0.469 e. The van der Waals surface area contributed by atoms with Crippen molar-refractivity contribution < 1.29 is 27.5 Å². The van der Waals surface area contributed by atoms with Crippen molar-refractivity contribution in [3.05, 3.63) is 53.9 Å². The number of carbonyl (C=O) groups excluding carboxylic acids is 2. The standard InChI is InChI=1S/C18H21F3N2O3/c1-12(17(25)26-4)13-5-7-14(8-6-13)22-15(9-10-23(2)3)11-16(24)18(19,20)21/h5-12,22H,1-4H3/b10-9+,15-11+. The van der Waals surface area contributed by atoms with E-state index in [9.17, 15) is 22.8 Å². The number of ether oxygens (including phenoxy) is 1. The number of anilines is 1. The summed E-state index contributed by atoms with van der Waals surface area (Å²) in [6.45, 7) is 1.68. The zero-order valence-corrected chi connectivity index (χ0v) is 14.9. The quantitative estimate of drug-likeness (QED) is 0.453. The molecule has 0 aliphatic heterocycles. The van der Waals surface area contributed by atoms with Crippen molar-refractivity contribution in [2.45, 2.75) is 19.0 Å². The molecule has 1 rings (SSSR count). The third-order valence-electron chi connectivity index (χ3n) is 3.37. The van der Waals surface area contributed by atoms with Gasteiger partial charge in [0.05, 0.1) is 13.0 Å². The molecular weight excluding hydrogens is 349 g/mol. The van der Waals surface area contributed by atoms with E-state index in [0.29, 0.717) is 17.3 Å². The van der Waals surface area contributed by atoms with Crippen LogP contribution in [0.4, 0.5) is 18.9 Å². The molecule has 26 heavy (non-hydrogen) atoms. The third kappa shape index (κ3) is 6.62. The highest BCUT2D eigenvalue weighted by molar-refractivity contribution is 5.95. The van der Waals surface area contributed by atoms with Gasteiger partial charge in [0.2, 0.25) is 0 Å². The topological polar surface area (TPSA) is 58.6 Å². The average molecular weight is 370 g/mol. The average Bonchev–Trinajstić information content (AvgIpc) is 2.58. The van der Waals surface area contributed by atoms with Crippen molar-refractivity contribution in [3.63, 3.8) is 0 Å². The van der Waals surface area contributed by atoms with Crippen molar-refractivity contribution in [1.29, 1.82) is 0 Å². The maximum absolute atomic E-state index is 12.5. The first-order valence-corrected chi connectivity index (χ1v) is 7.67. The normalized spacial score (nSPS) is 13.4. The number of benzene rings is 1. The molecule has 0 radical (unpaired) electrons. The number of rotatable bonds is 7. The minimum Gasteiger partial charge on any atom is -0.469 e. The second kappa shape index (κ2) is 9.07. The van der Waals surface area contributed by atoms with Gasteiger partial charge in [0, 0.05) is 37.8 Å². The monoisotopic (exact) mass is 370 g/mol. The smallest absolute Gasteiger partial charge is 0.454 e. The van der Waals surface area contributed by atoms with Crippen LogP contribution >= 0.6 is 0 Å². The molecule has 0 amide bonds. The second-order valence-corrected chi connectivity index (χ2v) is 5.73. The lowest BCUT2D eigenvalue weighted by atomic mass is 10.0. The molecule has 0 aliphatic rings. The van der Waals surface area contributed by atoms with Crippen LogP contribution in [0.15, 0.2) is 48.3 Å². The number of nitrogens with one attached hydrogen (secondary N) is 1. The van der Waals surface area contributed by atoms with E-state index >= 15 is 0 Å². The molecule has 1 atom stereocenters. The Labute approximate surface area is 150 Å². The van der Waals surface area contributed by atoms with Crippen molar-refractivity contribution in [1.82, 2.24) is 4.90 Å². The third-order valence-corrected chi connectivity index (χ3v) is 3.37. The summed E-state index contributed by atoms with van der Waals surface area (Å²) in [6.07, 6.45) is -1.59. The molecule has 0 saturated heterocycles. The van der Waals surface area contributed by atoms with Crippen LogP contribution < -0.4 is 5.32 Å². The van der Waals surface area contributed by atoms with Gasteiger partial charge in [-0.05, 0) is 30.7 Å². The summed E-state index contributed by atoms with van der Waals surface area (Å²) < 4.78 is 42.2. The van der Waals surface area contributed by atoms with Gasteiger partial charge in [-0.1, -0.05) is 12.1 Å². The van der Waals surface area contributed by atoms with E-state index in [0.717, 1.165) is 0 Å². The molecule has 1 aromatic carbocycles. The van der Waals surface area contributed by atoms with Gasteiger partial charge in [-0.25, -0.2) is 0 Å². The zero-order chi connectivity index (χ0) is 19.9. The van der Waals surface area contributed by atoms with Crippen LogP contribution in [-0.4, -0.2) is 44.0 Å². The number of hydrogen-bond acceptors (Lipinski definition) is 5. The first kappa shape index (κ1) is 21.3. The van der Waals surface area contributed by atoms with E-state index in [2.05, 4.69) is 10.1 Å². The van der Waals surface area contributed by atoms with Gasteiger partial charge in [0.15, 0.2) is 0 Å². The molecule has 0 aliphatic carbocycles. The Bertz CT molecular complexity index is 693. The van der Waals surface area contributed by atoms with E-state index in [1.165, 1.54) is 19.4 Å². The van der Waals surface area contributed by atoms with Crippen molar-refractivity contribution in [2.24, 2.45) is 0 Å². The number of hydrogen-bond donors (Lipinski definition) is 1. The molecule has 142 valence electrons. The summed E-state index contributed by atoms with van der Waals surface area (Å²) in [5.74, 6) is -2.82. The summed E-state index contributed by atoms with van der Waals surface area (Å²) in [6, 6.07) is 6.51. The molecule has 0 fully saturated rings. The molecule has 1 unspecified atom stereocenters. The summed E-state index contributed by atoms with van der Waals surface area (Å²) in [7, 11) is 4.69. The molecule has 0 saturated carbocycles. The van der Waals surface area contributed by atoms with Crippen LogP contribution in [0.25, 0.3) is 0 Å². The minimum absolute atomic E-state index is 0.0187. The predicted octanol–water partition coefficient (Wildman–Crippen LogP) is 3.47. The number of halogens is 3. The van der Waals surface area contributed by atoms with Crippen LogP contribution in [0, 0.1) is 0 Å². The van der Waals surface area contributed by atoms with Crippen LogP contribution in [0.5, 0.6) is 0 Å². The summed E-state index contributed by atoms with van der Waals surface area (Å²) in [5.41, 5.74) is 1.15. The van der Waals surface area contributed by atoms with Crippen molar-refractivity contribution in [3.8, 4) is 0 Å². The number of ketones is 1. The van der Waals surface area contributed by atoms with Gasteiger partial charge < -0.3 is 15.0 Å². The summed E-state index contributed by atoms with van der Waals surface area (Å²) >= 11 is 0. The maximum atomic E-state index is 12.5. The van der Waals surface area contributed by atoms with E-state index in [1.807, 2.05) is 0 Å². The highest BCUT2D eigenvalue weighted by Gasteiger charge is 2.36. The lowest BCUT2D eigenvalue weighted by Crippen LogP contribution is -2.21. The number of esters is 1. The van der Waals surface area contributed by atoms with Crippen molar-refractivity contribution in [2.75, 3.05) is 26.5 Å². The van der Waals surface area contributed by atoms with E-state index in [4.69, 9.17) is 0 Å². The summed E-state index contributed by atoms with van der Waals surface area (Å²) in [5, 5.41) is 2.76. The SMILES string of the molecule is COC(=O)C(C)c1ccc(NC(/C=C/N(C)C)=C/C(=O)C(F)(F)F)cc1. The molecular formula is C18H21F3N2O3. The van der Waals surface area contributed by atoms with Gasteiger partial charge in [0.25, 0.3) is 5.78 Å². The first-order chi connectivity index (χ1) is 12.0. The van der Waals surface area contributed by atoms with Gasteiger partial charge in [-0.2, -0.15) is 13.2 Å². The molecule has 8 heteroatoms. The van der Waals surface area contributed by atoms with Crippen LogP contribution in [0.1, 0.15) is 18.4 Å². The summed E-state index contributed by atoms with van der Waals surface area (Å²) in [4.78, 5) is 24.4. The van der Waals surface area contributed by atoms with E-state index in [-0.39, 0.29) is 5.70 Å². The molecule has 1 N–H and O–H groups in total. The number of allylic oxidation sites excluding steroid dienone is 2.